The molecule has 142 valence electrons. The normalized spacial score (nSPS) is 14.4. The van der Waals surface area contributed by atoms with E-state index < -0.39 is 0 Å². The van der Waals surface area contributed by atoms with Crippen LogP contribution in [0.15, 0.2) is 48.5 Å². The van der Waals surface area contributed by atoms with E-state index in [0.717, 1.165) is 18.5 Å². The van der Waals surface area contributed by atoms with Crippen molar-refractivity contribution in [3.63, 3.8) is 0 Å². The van der Waals surface area contributed by atoms with E-state index in [1.54, 1.807) is 36.4 Å². The Bertz CT molecular complexity index is 786. The molecular formula is C21H24ClN3O2. The third kappa shape index (κ3) is 6.00. The number of halogens is 1. The van der Waals surface area contributed by atoms with Crippen molar-refractivity contribution in [2.75, 3.05) is 17.2 Å². The van der Waals surface area contributed by atoms with Gasteiger partial charge in [0, 0.05) is 28.0 Å². The van der Waals surface area contributed by atoms with Crippen LogP contribution >= 0.6 is 11.6 Å². The van der Waals surface area contributed by atoms with Crippen LogP contribution in [0.4, 0.5) is 11.4 Å². The van der Waals surface area contributed by atoms with E-state index in [1.165, 1.54) is 19.3 Å². The molecule has 0 aromatic heterocycles. The Morgan fingerprint density at radius 1 is 0.963 bits per heavy atom. The van der Waals surface area contributed by atoms with E-state index in [2.05, 4.69) is 16.0 Å². The van der Waals surface area contributed by atoms with Crippen molar-refractivity contribution in [1.29, 1.82) is 0 Å². The average Bonchev–Trinajstić information content (AvgIpc) is 2.68. The highest BCUT2D eigenvalue weighted by Crippen LogP contribution is 2.18. The van der Waals surface area contributed by atoms with Crippen LogP contribution in [0.25, 0.3) is 0 Å². The van der Waals surface area contributed by atoms with Gasteiger partial charge in [0.25, 0.3) is 5.91 Å². The van der Waals surface area contributed by atoms with Crippen molar-refractivity contribution >= 4 is 34.8 Å². The van der Waals surface area contributed by atoms with E-state index in [4.69, 9.17) is 11.6 Å². The molecule has 1 saturated carbocycles. The molecule has 1 aliphatic carbocycles. The van der Waals surface area contributed by atoms with Crippen molar-refractivity contribution in [3.8, 4) is 0 Å². The van der Waals surface area contributed by atoms with Gasteiger partial charge in [0.15, 0.2) is 0 Å². The topological polar surface area (TPSA) is 70.2 Å². The number of anilines is 2. The molecule has 3 N–H and O–H groups in total. The maximum absolute atomic E-state index is 12.3. The molecule has 1 fully saturated rings. The average molecular weight is 386 g/mol. The third-order valence-electron chi connectivity index (χ3n) is 4.65. The van der Waals surface area contributed by atoms with Crippen LogP contribution in [0.5, 0.6) is 0 Å². The molecule has 0 aliphatic heterocycles. The number of benzene rings is 2. The Balaban J connectivity index is 1.47. The number of hydrogen-bond acceptors (Lipinski definition) is 3. The van der Waals surface area contributed by atoms with Crippen molar-refractivity contribution < 1.29 is 9.59 Å². The van der Waals surface area contributed by atoms with Gasteiger partial charge in [-0.05, 0) is 55.3 Å². The highest BCUT2D eigenvalue weighted by atomic mass is 35.5. The fraction of sp³-hybridized carbons (Fsp3) is 0.333. The van der Waals surface area contributed by atoms with Crippen LogP contribution in [0.3, 0.4) is 0 Å². The monoisotopic (exact) mass is 385 g/mol. The Morgan fingerprint density at radius 2 is 1.70 bits per heavy atom. The van der Waals surface area contributed by atoms with E-state index >= 15 is 0 Å². The lowest BCUT2D eigenvalue weighted by molar-refractivity contribution is -0.114. The van der Waals surface area contributed by atoms with Gasteiger partial charge < -0.3 is 16.0 Å². The van der Waals surface area contributed by atoms with Crippen molar-refractivity contribution in [2.24, 2.45) is 0 Å². The van der Waals surface area contributed by atoms with Gasteiger partial charge in [0.05, 0.1) is 6.54 Å². The maximum atomic E-state index is 12.3. The zero-order valence-corrected chi connectivity index (χ0v) is 15.9. The minimum atomic E-state index is -0.172. The molecule has 0 atom stereocenters. The molecule has 0 unspecified atom stereocenters. The second-order valence-corrected chi connectivity index (χ2v) is 7.23. The van der Waals surface area contributed by atoms with Gasteiger partial charge in [0.1, 0.15) is 0 Å². The lowest BCUT2D eigenvalue weighted by Crippen LogP contribution is -2.36. The molecule has 0 spiro atoms. The Labute approximate surface area is 164 Å². The molecule has 2 amide bonds. The lowest BCUT2D eigenvalue weighted by Gasteiger charge is -2.22. The van der Waals surface area contributed by atoms with Crippen molar-refractivity contribution in [3.05, 3.63) is 59.1 Å². The lowest BCUT2D eigenvalue weighted by atomic mass is 9.95. The summed E-state index contributed by atoms with van der Waals surface area (Å²) in [5.41, 5.74) is 2.05. The van der Waals surface area contributed by atoms with Gasteiger partial charge in [-0.25, -0.2) is 0 Å². The fourth-order valence-corrected chi connectivity index (χ4v) is 3.40. The first-order valence-corrected chi connectivity index (χ1v) is 9.68. The van der Waals surface area contributed by atoms with Gasteiger partial charge in [0.2, 0.25) is 5.91 Å². The summed E-state index contributed by atoms with van der Waals surface area (Å²) in [5.74, 6) is -0.225. The zero-order valence-electron chi connectivity index (χ0n) is 15.1. The second-order valence-electron chi connectivity index (χ2n) is 6.80. The number of nitrogens with one attached hydrogen (secondary N) is 3. The molecule has 27 heavy (non-hydrogen) atoms. The maximum Gasteiger partial charge on any atom is 0.251 e. The van der Waals surface area contributed by atoms with Crippen LogP contribution < -0.4 is 16.0 Å². The molecule has 6 heteroatoms. The Hall–Kier alpha value is -2.53. The molecule has 5 nitrogen and oxygen atoms in total. The van der Waals surface area contributed by atoms with Crippen LogP contribution in [0.2, 0.25) is 5.02 Å². The molecule has 0 heterocycles. The summed E-state index contributed by atoms with van der Waals surface area (Å²) in [4.78, 5) is 24.4. The van der Waals surface area contributed by atoms with Gasteiger partial charge >= 0.3 is 0 Å². The zero-order chi connectivity index (χ0) is 19.1. The molecule has 0 radical (unpaired) electrons. The highest BCUT2D eigenvalue weighted by molar-refractivity contribution is 6.30. The largest absolute Gasteiger partial charge is 0.376 e. The summed E-state index contributed by atoms with van der Waals surface area (Å²) < 4.78 is 0. The van der Waals surface area contributed by atoms with Gasteiger partial charge in [-0.15, -0.1) is 0 Å². The molecular weight excluding hydrogens is 362 g/mol. The minimum absolute atomic E-state index is 0.0533. The highest BCUT2D eigenvalue weighted by Gasteiger charge is 2.16. The predicted molar refractivity (Wildman–Crippen MR) is 109 cm³/mol. The first-order chi connectivity index (χ1) is 13.1. The fourth-order valence-electron chi connectivity index (χ4n) is 3.21. The number of hydrogen-bond donors (Lipinski definition) is 3. The van der Waals surface area contributed by atoms with Gasteiger partial charge in [-0.2, -0.15) is 0 Å². The van der Waals surface area contributed by atoms with E-state index in [1.807, 2.05) is 12.1 Å². The predicted octanol–water partition coefficient (Wildman–Crippen LogP) is 4.45. The summed E-state index contributed by atoms with van der Waals surface area (Å²) in [6, 6.07) is 14.4. The van der Waals surface area contributed by atoms with Crippen LogP contribution in [-0.4, -0.2) is 24.4 Å². The van der Waals surface area contributed by atoms with Crippen LogP contribution in [0.1, 0.15) is 42.5 Å². The summed E-state index contributed by atoms with van der Waals surface area (Å²) in [7, 11) is 0. The second kappa shape index (κ2) is 9.42. The number of carbonyl (C=O) groups is 2. The summed E-state index contributed by atoms with van der Waals surface area (Å²) in [5, 5.41) is 9.53. The quantitative estimate of drug-likeness (QED) is 0.687. The smallest absolute Gasteiger partial charge is 0.251 e. The van der Waals surface area contributed by atoms with E-state index in [9.17, 15) is 9.59 Å². The number of rotatable bonds is 6. The minimum Gasteiger partial charge on any atom is -0.376 e. The van der Waals surface area contributed by atoms with Crippen molar-refractivity contribution in [1.82, 2.24) is 5.32 Å². The molecule has 2 aromatic rings. The summed E-state index contributed by atoms with van der Waals surface area (Å²) >= 11 is 5.92. The summed E-state index contributed by atoms with van der Waals surface area (Å²) in [6.07, 6.45) is 5.73. The standard InChI is InChI=1S/C21H24ClN3O2/c22-16-5-4-8-19(13-16)23-14-20(26)24-18-11-9-15(10-12-18)21(27)25-17-6-2-1-3-7-17/h4-5,8-13,17,23H,1-3,6-7,14H2,(H,24,26)(H,25,27). The molecule has 0 saturated heterocycles. The van der Waals surface area contributed by atoms with E-state index in [-0.39, 0.29) is 24.4 Å². The number of carbonyl (C=O) groups excluding carboxylic acids is 2. The first kappa shape index (κ1) is 19.2. The molecule has 2 aromatic carbocycles. The molecule has 1 aliphatic rings. The van der Waals surface area contributed by atoms with Crippen LogP contribution in [-0.2, 0) is 4.79 Å². The molecule has 0 bridgehead atoms. The third-order valence-corrected chi connectivity index (χ3v) is 4.88. The van der Waals surface area contributed by atoms with Gasteiger partial charge in [-0.3, -0.25) is 9.59 Å². The Kier molecular flexibility index (Phi) is 6.71. The first-order valence-electron chi connectivity index (χ1n) is 9.30. The van der Waals surface area contributed by atoms with Crippen LogP contribution in [0, 0.1) is 0 Å². The van der Waals surface area contributed by atoms with Crippen molar-refractivity contribution in [2.45, 2.75) is 38.1 Å². The van der Waals surface area contributed by atoms with E-state index in [0.29, 0.717) is 16.3 Å². The SMILES string of the molecule is O=C(CNc1cccc(Cl)c1)Nc1ccc(C(=O)NC2CCCCC2)cc1. The summed E-state index contributed by atoms with van der Waals surface area (Å²) in [6.45, 7) is 0.129. The number of amides is 2. The Morgan fingerprint density at radius 3 is 2.41 bits per heavy atom. The van der Waals surface area contributed by atoms with Gasteiger partial charge in [-0.1, -0.05) is 36.9 Å². The molecule has 3 rings (SSSR count).